The number of aliphatic hydroxyl groups excluding tert-OH is 1. The standard InChI is InChI=1S/C11H14N4O3/c1-8-3-4-10(18-2)9(7-8)15-11(17)14(5-6-16)12-13-15/h3-4,7,16H,5-6H2,1-2H3. The molecule has 0 fully saturated rings. The fourth-order valence-electron chi connectivity index (χ4n) is 1.63. The van der Waals surface area contributed by atoms with Crippen LogP contribution in [0.4, 0.5) is 0 Å². The van der Waals surface area contributed by atoms with Gasteiger partial charge in [0.2, 0.25) is 0 Å². The Morgan fingerprint density at radius 2 is 2.17 bits per heavy atom. The maximum absolute atomic E-state index is 12.0. The average Bonchev–Trinajstić information content (AvgIpc) is 2.72. The van der Waals surface area contributed by atoms with Crippen LogP contribution in [-0.2, 0) is 6.54 Å². The molecular weight excluding hydrogens is 236 g/mol. The van der Waals surface area contributed by atoms with Gasteiger partial charge in [-0.15, -0.1) is 0 Å². The van der Waals surface area contributed by atoms with Crippen LogP contribution in [0.15, 0.2) is 23.0 Å². The Bertz CT molecular complexity index is 603. The number of benzene rings is 1. The maximum atomic E-state index is 12.0. The van der Waals surface area contributed by atoms with Gasteiger partial charge in [-0.3, -0.25) is 0 Å². The molecule has 0 bridgehead atoms. The smallest absolute Gasteiger partial charge is 0.368 e. The van der Waals surface area contributed by atoms with Crippen LogP contribution in [0.3, 0.4) is 0 Å². The highest BCUT2D eigenvalue weighted by Gasteiger charge is 2.12. The van der Waals surface area contributed by atoms with Gasteiger partial charge in [0, 0.05) is 0 Å². The number of ether oxygens (including phenoxy) is 1. The van der Waals surface area contributed by atoms with E-state index < -0.39 is 5.69 Å². The van der Waals surface area contributed by atoms with Gasteiger partial charge in [0.25, 0.3) is 0 Å². The fraction of sp³-hybridized carbons (Fsp3) is 0.364. The lowest BCUT2D eigenvalue weighted by atomic mass is 10.2. The van der Waals surface area contributed by atoms with E-state index in [-0.39, 0.29) is 13.2 Å². The normalized spacial score (nSPS) is 10.6. The molecular formula is C11H14N4O3. The van der Waals surface area contributed by atoms with Crippen molar-refractivity contribution in [1.82, 2.24) is 19.8 Å². The van der Waals surface area contributed by atoms with Crippen molar-refractivity contribution in [3.63, 3.8) is 0 Å². The Hall–Kier alpha value is -2.15. The molecule has 7 nitrogen and oxygen atoms in total. The average molecular weight is 250 g/mol. The van der Waals surface area contributed by atoms with Gasteiger partial charge in [0.15, 0.2) is 0 Å². The van der Waals surface area contributed by atoms with Crippen molar-refractivity contribution in [2.75, 3.05) is 13.7 Å². The van der Waals surface area contributed by atoms with E-state index >= 15 is 0 Å². The Labute approximate surface area is 103 Å². The zero-order valence-corrected chi connectivity index (χ0v) is 10.2. The van der Waals surface area contributed by atoms with Gasteiger partial charge < -0.3 is 9.84 Å². The van der Waals surface area contributed by atoms with Crippen molar-refractivity contribution in [3.05, 3.63) is 34.2 Å². The Morgan fingerprint density at radius 3 is 2.83 bits per heavy atom. The van der Waals surface area contributed by atoms with E-state index in [0.29, 0.717) is 11.4 Å². The predicted octanol–water partition coefficient (Wildman–Crippen LogP) is -0.262. The zero-order valence-electron chi connectivity index (χ0n) is 10.2. The molecule has 0 spiro atoms. The molecule has 96 valence electrons. The number of hydrogen-bond acceptors (Lipinski definition) is 5. The number of rotatable bonds is 4. The summed E-state index contributed by atoms with van der Waals surface area (Å²) < 4.78 is 7.45. The Balaban J connectivity index is 2.55. The van der Waals surface area contributed by atoms with E-state index in [9.17, 15) is 4.79 Å². The van der Waals surface area contributed by atoms with Crippen molar-refractivity contribution in [3.8, 4) is 11.4 Å². The van der Waals surface area contributed by atoms with Crippen LogP contribution in [0, 0.1) is 6.92 Å². The molecule has 1 aromatic carbocycles. The summed E-state index contributed by atoms with van der Waals surface area (Å²) in [6.07, 6.45) is 0. The number of aliphatic hydroxyl groups is 1. The van der Waals surface area contributed by atoms with E-state index in [1.807, 2.05) is 13.0 Å². The first-order valence-corrected chi connectivity index (χ1v) is 5.46. The van der Waals surface area contributed by atoms with Crippen molar-refractivity contribution >= 4 is 0 Å². The summed E-state index contributed by atoms with van der Waals surface area (Å²) in [6.45, 7) is 1.86. The van der Waals surface area contributed by atoms with E-state index in [0.717, 1.165) is 14.9 Å². The van der Waals surface area contributed by atoms with E-state index in [2.05, 4.69) is 10.4 Å². The molecule has 2 aromatic rings. The zero-order chi connectivity index (χ0) is 13.1. The van der Waals surface area contributed by atoms with Gasteiger partial charge in [-0.2, -0.15) is 9.36 Å². The molecule has 0 radical (unpaired) electrons. The van der Waals surface area contributed by atoms with Gasteiger partial charge in [-0.25, -0.2) is 4.79 Å². The quantitative estimate of drug-likeness (QED) is 0.808. The first-order chi connectivity index (χ1) is 8.67. The SMILES string of the molecule is COc1ccc(C)cc1-n1nnn(CCO)c1=O. The topological polar surface area (TPSA) is 82.2 Å². The van der Waals surface area contributed by atoms with Crippen LogP contribution >= 0.6 is 0 Å². The highest BCUT2D eigenvalue weighted by molar-refractivity contribution is 5.47. The Morgan fingerprint density at radius 1 is 1.39 bits per heavy atom. The van der Waals surface area contributed by atoms with Gasteiger partial charge in [0.05, 0.1) is 20.3 Å². The second-order valence-electron chi connectivity index (χ2n) is 3.80. The fourth-order valence-corrected chi connectivity index (χ4v) is 1.63. The van der Waals surface area contributed by atoms with Crippen molar-refractivity contribution in [1.29, 1.82) is 0 Å². The molecule has 1 heterocycles. The number of nitrogens with zero attached hydrogens (tertiary/aromatic N) is 4. The largest absolute Gasteiger partial charge is 0.494 e. The highest BCUT2D eigenvalue weighted by atomic mass is 16.5. The molecule has 7 heteroatoms. The third-order valence-electron chi connectivity index (χ3n) is 2.51. The van der Waals surface area contributed by atoms with Crippen LogP contribution in [0.1, 0.15) is 5.56 Å². The molecule has 0 unspecified atom stereocenters. The monoisotopic (exact) mass is 250 g/mol. The summed E-state index contributed by atoms with van der Waals surface area (Å²) >= 11 is 0. The number of methoxy groups -OCH3 is 1. The molecule has 1 N–H and O–H groups in total. The molecule has 0 saturated heterocycles. The highest BCUT2D eigenvalue weighted by Crippen LogP contribution is 2.21. The lowest BCUT2D eigenvalue weighted by Crippen LogP contribution is -2.25. The molecule has 0 aliphatic carbocycles. The minimum atomic E-state index is -0.409. The summed E-state index contributed by atoms with van der Waals surface area (Å²) in [7, 11) is 1.53. The summed E-state index contributed by atoms with van der Waals surface area (Å²) in [6, 6.07) is 5.44. The predicted molar refractivity (Wildman–Crippen MR) is 64.0 cm³/mol. The summed E-state index contributed by atoms with van der Waals surface area (Å²) in [5.41, 5.74) is 1.11. The lowest BCUT2D eigenvalue weighted by Gasteiger charge is -2.07. The Kier molecular flexibility index (Phi) is 3.42. The van der Waals surface area contributed by atoms with Crippen molar-refractivity contribution < 1.29 is 9.84 Å². The minimum Gasteiger partial charge on any atom is -0.494 e. The molecule has 1 aromatic heterocycles. The minimum absolute atomic E-state index is 0.118. The van der Waals surface area contributed by atoms with Crippen LogP contribution in [0.25, 0.3) is 5.69 Å². The van der Waals surface area contributed by atoms with Crippen molar-refractivity contribution in [2.24, 2.45) is 0 Å². The molecule has 0 aliphatic heterocycles. The second-order valence-corrected chi connectivity index (χ2v) is 3.80. The van der Waals surface area contributed by atoms with E-state index in [1.165, 1.54) is 7.11 Å². The van der Waals surface area contributed by atoms with Crippen LogP contribution in [0.5, 0.6) is 5.75 Å². The summed E-state index contributed by atoms with van der Waals surface area (Å²) in [5, 5.41) is 16.3. The summed E-state index contributed by atoms with van der Waals surface area (Å²) in [5.74, 6) is 0.541. The first-order valence-electron chi connectivity index (χ1n) is 5.46. The molecule has 0 aliphatic rings. The van der Waals surface area contributed by atoms with Crippen molar-refractivity contribution in [2.45, 2.75) is 13.5 Å². The second kappa shape index (κ2) is 5.01. The number of hydrogen-bond donors (Lipinski definition) is 1. The molecule has 0 atom stereocenters. The first kappa shape index (κ1) is 12.3. The lowest BCUT2D eigenvalue weighted by molar-refractivity contribution is 0.266. The third kappa shape index (κ3) is 2.12. The molecule has 0 saturated carbocycles. The summed E-state index contributed by atoms with van der Waals surface area (Å²) in [4.78, 5) is 12.0. The molecule has 2 rings (SSSR count). The molecule has 0 amide bonds. The van der Waals surface area contributed by atoms with Crippen LogP contribution in [-0.4, -0.2) is 38.6 Å². The van der Waals surface area contributed by atoms with Gasteiger partial charge in [-0.1, -0.05) is 6.07 Å². The van der Waals surface area contributed by atoms with E-state index in [1.54, 1.807) is 12.1 Å². The number of aryl methyl sites for hydroxylation is 1. The van der Waals surface area contributed by atoms with Crippen LogP contribution < -0.4 is 10.4 Å². The number of aromatic nitrogens is 4. The number of tetrazole rings is 1. The third-order valence-corrected chi connectivity index (χ3v) is 2.51. The molecule has 18 heavy (non-hydrogen) atoms. The van der Waals surface area contributed by atoms with Gasteiger partial charge >= 0.3 is 5.69 Å². The van der Waals surface area contributed by atoms with E-state index in [4.69, 9.17) is 9.84 Å². The van der Waals surface area contributed by atoms with Crippen LogP contribution in [0.2, 0.25) is 0 Å². The van der Waals surface area contributed by atoms with Gasteiger partial charge in [0.1, 0.15) is 11.4 Å². The van der Waals surface area contributed by atoms with Gasteiger partial charge in [-0.05, 0) is 35.0 Å². The maximum Gasteiger partial charge on any atom is 0.368 e.